The molecule has 2 nitrogen and oxygen atoms in total. The molecular weight excluding hydrogens is 271 g/mol. The highest BCUT2D eigenvalue weighted by Crippen LogP contribution is 2.17. The summed E-state index contributed by atoms with van der Waals surface area (Å²) in [7, 11) is 0. The van der Waals surface area contributed by atoms with Crippen molar-refractivity contribution in [3.8, 4) is 0 Å². The van der Waals surface area contributed by atoms with Crippen molar-refractivity contribution in [2.75, 3.05) is 13.1 Å². The van der Waals surface area contributed by atoms with Crippen molar-refractivity contribution in [3.05, 3.63) is 52.2 Å². The predicted octanol–water partition coefficient (Wildman–Crippen LogP) is 3.68. The molecule has 0 radical (unpaired) electrons. The van der Waals surface area contributed by atoms with Crippen LogP contribution in [0.1, 0.15) is 23.8 Å². The Bertz CT molecular complexity index is 499. The molecule has 0 saturated carbocycles. The van der Waals surface area contributed by atoms with Crippen molar-refractivity contribution in [1.29, 1.82) is 0 Å². The fourth-order valence-electron chi connectivity index (χ4n) is 2.32. The molecule has 108 valence electrons. The van der Waals surface area contributed by atoms with E-state index >= 15 is 0 Å². The molecule has 0 aliphatic rings. The second kappa shape index (κ2) is 8.12. The third-order valence-electron chi connectivity index (χ3n) is 3.25. The summed E-state index contributed by atoms with van der Waals surface area (Å²) in [5.74, 6) is 0.323. The van der Waals surface area contributed by atoms with Crippen molar-refractivity contribution in [2.24, 2.45) is 5.92 Å². The van der Waals surface area contributed by atoms with E-state index in [0.29, 0.717) is 5.92 Å². The third-order valence-corrected chi connectivity index (χ3v) is 4.05. The molecule has 0 saturated heterocycles. The summed E-state index contributed by atoms with van der Waals surface area (Å²) in [6.07, 6.45) is 4.96. The average Bonchev–Trinajstić information content (AvgIpc) is 2.92. The predicted molar refractivity (Wildman–Crippen MR) is 82.6 cm³/mol. The van der Waals surface area contributed by atoms with Crippen LogP contribution >= 0.6 is 11.3 Å². The lowest BCUT2D eigenvalue weighted by Crippen LogP contribution is -2.26. The molecule has 1 N–H and O–H groups in total. The first-order chi connectivity index (χ1) is 9.78. The van der Waals surface area contributed by atoms with E-state index in [9.17, 15) is 4.39 Å². The lowest BCUT2D eigenvalue weighted by molar-refractivity contribution is 0.472. The van der Waals surface area contributed by atoms with E-state index in [2.05, 4.69) is 17.2 Å². The van der Waals surface area contributed by atoms with Crippen molar-refractivity contribution in [1.82, 2.24) is 10.3 Å². The highest BCUT2D eigenvalue weighted by Gasteiger charge is 2.12. The van der Waals surface area contributed by atoms with E-state index in [1.165, 1.54) is 10.9 Å². The van der Waals surface area contributed by atoms with Gasteiger partial charge in [0.05, 0.1) is 5.51 Å². The van der Waals surface area contributed by atoms with Crippen LogP contribution in [0.3, 0.4) is 0 Å². The van der Waals surface area contributed by atoms with Crippen LogP contribution in [0.4, 0.5) is 4.39 Å². The van der Waals surface area contributed by atoms with Crippen molar-refractivity contribution in [3.63, 3.8) is 0 Å². The second-order valence-corrected chi connectivity index (χ2v) is 6.05. The van der Waals surface area contributed by atoms with Crippen LogP contribution in [0.5, 0.6) is 0 Å². The normalized spacial score (nSPS) is 12.5. The summed E-state index contributed by atoms with van der Waals surface area (Å²) in [6, 6.07) is 6.92. The van der Waals surface area contributed by atoms with Gasteiger partial charge in [-0.15, -0.1) is 11.3 Å². The van der Waals surface area contributed by atoms with Crippen LogP contribution in [-0.4, -0.2) is 18.1 Å². The zero-order chi connectivity index (χ0) is 14.2. The van der Waals surface area contributed by atoms with Gasteiger partial charge >= 0.3 is 0 Å². The SMILES string of the molecule is CCCNCC(Cc1cccc(F)c1)Cc1cncs1. The lowest BCUT2D eigenvalue weighted by atomic mass is 9.95. The van der Waals surface area contributed by atoms with Crippen LogP contribution < -0.4 is 5.32 Å². The molecule has 4 heteroatoms. The summed E-state index contributed by atoms with van der Waals surface area (Å²) in [5.41, 5.74) is 2.94. The summed E-state index contributed by atoms with van der Waals surface area (Å²) in [5, 5.41) is 3.47. The Hall–Kier alpha value is -1.26. The molecule has 1 heterocycles. The summed E-state index contributed by atoms with van der Waals surface area (Å²) >= 11 is 1.69. The first-order valence-electron chi connectivity index (χ1n) is 7.10. The minimum absolute atomic E-state index is 0.152. The second-order valence-electron chi connectivity index (χ2n) is 5.08. The van der Waals surface area contributed by atoms with E-state index in [4.69, 9.17) is 0 Å². The van der Waals surface area contributed by atoms with Gasteiger partial charge in [0.2, 0.25) is 0 Å². The number of nitrogens with zero attached hydrogens (tertiary/aromatic N) is 1. The molecule has 1 unspecified atom stereocenters. The monoisotopic (exact) mass is 292 g/mol. The Balaban J connectivity index is 1.97. The number of rotatable bonds is 8. The van der Waals surface area contributed by atoms with Crippen LogP contribution in [0, 0.1) is 11.7 Å². The maximum absolute atomic E-state index is 13.3. The summed E-state index contributed by atoms with van der Waals surface area (Å²) in [6.45, 7) is 4.16. The van der Waals surface area contributed by atoms with Gasteiger partial charge in [-0.3, -0.25) is 4.98 Å². The molecule has 2 aromatic rings. The molecule has 0 aliphatic carbocycles. The standard InChI is InChI=1S/C16H21FN2S/c1-2-6-18-10-14(9-16-11-19-12-20-16)7-13-4-3-5-15(17)8-13/h3-5,8,11-12,14,18H,2,6-7,9-10H2,1H3. The molecule has 1 atom stereocenters. The summed E-state index contributed by atoms with van der Waals surface area (Å²) in [4.78, 5) is 5.43. The molecule has 1 aromatic carbocycles. The van der Waals surface area contributed by atoms with Crippen LogP contribution in [-0.2, 0) is 12.8 Å². The molecule has 0 aliphatic heterocycles. The van der Waals surface area contributed by atoms with E-state index in [1.54, 1.807) is 23.5 Å². The maximum atomic E-state index is 13.3. The smallest absolute Gasteiger partial charge is 0.123 e. The van der Waals surface area contributed by atoms with E-state index in [0.717, 1.165) is 37.9 Å². The zero-order valence-corrected chi connectivity index (χ0v) is 12.6. The molecule has 0 bridgehead atoms. The average molecular weight is 292 g/mol. The molecule has 0 spiro atoms. The van der Waals surface area contributed by atoms with E-state index in [1.807, 2.05) is 17.8 Å². The maximum Gasteiger partial charge on any atom is 0.123 e. The minimum Gasteiger partial charge on any atom is -0.316 e. The van der Waals surface area contributed by atoms with Gasteiger partial charge in [-0.2, -0.15) is 0 Å². The quantitative estimate of drug-likeness (QED) is 0.751. The van der Waals surface area contributed by atoms with Crippen LogP contribution in [0.2, 0.25) is 0 Å². The minimum atomic E-state index is -0.152. The molecule has 0 fully saturated rings. The number of nitrogens with one attached hydrogen (secondary N) is 1. The van der Waals surface area contributed by atoms with Gasteiger partial charge in [0.1, 0.15) is 5.82 Å². The molecular formula is C16H21FN2S. The number of benzene rings is 1. The molecule has 0 amide bonds. The number of hydrogen-bond acceptors (Lipinski definition) is 3. The van der Waals surface area contributed by atoms with Gasteiger partial charge in [-0.25, -0.2) is 4.39 Å². The largest absolute Gasteiger partial charge is 0.316 e. The van der Waals surface area contributed by atoms with Crippen molar-refractivity contribution in [2.45, 2.75) is 26.2 Å². The molecule has 1 aromatic heterocycles. The lowest BCUT2D eigenvalue weighted by Gasteiger charge is -2.17. The zero-order valence-electron chi connectivity index (χ0n) is 11.8. The number of hydrogen-bond donors (Lipinski definition) is 1. The fraction of sp³-hybridized carbons (Fsp3) is 0.438. The Labute approximate surface area is 124 Å². The Morgan fingerprint density at radius 3 is 2.95 bits per heavy atom. The highest BCUT2D eigenvalue weighted by molar-refractivity contribution is 7.09. The van der Waals surface area contributed by atoms with Crippen LogP contribution in [0.25, 0.3) is 0 Å². The topological polar surface area (TPSA) is 24.9 Å². The number of thiazole rings is 1. The summed E-state index contributed by atoms with van der Waals surface area (Å²) < 4.78 is 13.3. The van der Waals surface area contributed by atoms with Gasteiger partial charge in [0.15, 0.2) is 0 Å². The Morgan fingerprint density at radius 1 is 1.35 bits per heavy atom. The Kier molecular flexibility index (Phi) is 6.15. The van der Waals surface area contributed by atoms with Gasteiger partial charge < -0.3 is 5.32 Å². The van der Waals surface area contributed by atoms with Crippen LogP contribution in [0.15, 0.2) is 36.0 Å². The first-order valence-corrected chi connectivity index (χ1v) is 7.98. The molecule has 2 rings (SSSR count). The van der Waals surface area contributed by atoms with Gasteiger partial charge in [-0.1, -0.05) is 19.1 Å². The van der Waals surface area contributed by atoms with Gasteiger partial charge in [0, 0.05) is 11.1 Å². The van der Waals surface area contributed by atoms with Gasteiger partial charge in [0.25, 0.3) is 0 Å². The number of aromatic nitrogens is 1. The Morgan fingerprint density at radius 2 is 2.25 bits per heavy atom. The van der Waals surface area contributed by atoms with Crippen molar-refractivity contribution < 1.29 is 4.39 Å². The van der Waals surface area contributed by atoms with E-state index < -0.39 is 0 Å². The number of halogens is 1. The van der Waals surface area contributed by atoms with Crippen molar-refractivity contribution >= 4 is 11.3 Å². The highest BCUT2D eigenvalue weighted by atomic mass is 32.1. The third kappa shape index (κ3) is 5.02. The van der Waals surface area contributed by atoms with Gasteiger partial charge in [-0.05, 0) is 56.0 Å². The molecule has 20 heavy (non-hydrogen) atoms. The fourth-order valence-corrected chi connectivity index (χ4v) is 3.03. The first kappa shape index (κ1) is 15.1. The van der Waals surface area contributed by atoms with E-state index in [-0.39, 0.29) is 5.82 Å².